The van der Waals surface area contributed by atoms with Crippen molar-refractivity contribution in [2.75, 3.05) is 0 Å². The fourth-order valence-electron chi connectivity index (χ4n) is 1.89. The number of carbonyl (C=O) groups is 5. The summed E-state index contributed by atoms with van der Waals surface area (Å²) in [5.41, 5.74) is -0.721. The van der Waals surface area contributed by atoms with Gasteiger partial charge in [-0.05, 0) is 34.1 Å². The quantitative estimate of drug-likeness (QED) is 0.711. The fraction of sp³-hybridized carbons (Fsp3) is 0.667. The average molecular weight is 342 g/mol. The molecule has 1 aliphatic rings. The third-order valence-corrected chi connectivity index (χ3v) is 3.02. The smallest absolute Gasteiger partial charge is 0.408 e. The summed E-state index contributed by atoms with van der Waals surface area (Å²) in [5, 5.41) is 2.81. The third kappa shape index (κ3) is 6.35. The molecule has 0 spiro atoms. The van der Waals surface area contributed by atoms with Gasteiger partial charge in [0.25, 0.3) is 11.8 Å². The Kier molecular flexibility index (Phi) is 6.44. The van der Waals surface area contributed by atoms with Crippen molar-refractivity contribution in [3.05, 3.63) is 0 Å². The number of rotatable bonds is 6. The van der Waals surface area contributed by atoms with Crippen LogP contribution >= 0.6 is 0 Å². The molecule has 0 aromatic rings. The Morgan fingerprint density at radius 2 is 1.71 bits per heavy atom. The summed E-state index contributed by atoms with van der Waals surface area (Å²) in [5.74, 6) is -2.36. The highest BCUT2D eigenvalue weighted by Gasteiger charge is 2.33. The van der Waals surface area contributed by atoms with E-state index >= 15 is 0 Å². The van der Waals surface area contributed by atoms with Crippen molar-refractivity contribution in [3.8, 4) is 0 Å². The molecule has 9 heteroatoms. The standard InChI is InChI=1S/C15H22N2O7/c1-9(18)10(16-14(22)23-15(2,3)4)5-8-13(21)24-17-11(19)6-7-12(17)20/h10H,5-8H2,1-4H3,(H,16,22). The van der Waals surface area contributed by atoms with E-state index in [1.165, 1.54) is 6.92 Å². The molecule has 1 unspecified atom stereocenters. The normalized spacial score (nSPS) is 15.9. The lowest BCUT2D eigenvalue weighted by Gasteiger charge is -2.22. The van der Waals surface area contributed by atoms with Gasteiger partial charge in [-0.15, -0.1) is 5.06 Å². The molecule has 0 aromatic heterocycles. The second-order valence-electron chi connectivity index (χ2n) is 6.39. The first-order valence-electron chi connectivity index (χ1n) is 7.56. The lowest BCUT2D eigenvalue weighted by molar-refractivity contribution is -0.197. The molecule has 1 atom stereocenters. The van der Waals surface area contributed by atoms with Gasteiger partial charge in [0.2, 0.25) is 0 Å². The molecule has 0 bridgehead atoms. The lowest BCUT2D eigenvalue weighted by atomic mass is 10.1. The zero-order chi connectivity index (χ0) is 18.5. The molecule has 1 aliphatic heterocycles. The minimum Gasteiger partial charge on any atom is -0.444 e. The number of carbonyl (C=O) groups excluding carboxylic acids is 5. The van der Waals surface area contributed by atoms with Gasteiger partial charge in [0, 0.05) is 12.8 Å². The number of ketones is 1. The van der Waals surface area contributed by atoms with E-state index in [-0.39, 0.29) is 31.5 Å². The molecule has 1 saturated heterocycles. The van der Waals surface area contributed by atoms with Crippen molar-refractivity contribution in [2.24, 2.45) is 0 Å². The summed E-state index contributed by atoms with van der Waals surface area (Å²) in [7, 11) is 0. The van der Waals surface area contributed by atoms with Crippen LogP contribution in [0.5, 0.6) is 0 Å². The van der Waals surface area contributed by atoms with Gasteiger partial charge >= 0.3 is 12.1 Å². The molecular formula is C15H22N2O7. The van der Waals surface area contributed by atoms with Crippen molar-refractivity contribution in [1.29, 1.82) is 0 Å². The highest BCUT2D eigenvalue weighted by molar-refractivity contribution is 6.01. The van der Waals surface area contributed by atoms with E-state index in [9.17, 15) is 24.0 Å². The van der Waals surface area contributed by atoms with Gasteiger partial charge in [-0.1, -0.05) is 0 Å². The topological polar surface area (TPSA) is 119 Å². The van der Waals surface area contributed by atoms with Gasteiger partial charge in [0.1, 0.15) is 5.60 Å². The number of imide groups is 1. The van der Waals surface area contributed by atoms with Crippen LogP contribution in [0.15, 0.2) is 0 Å². The number of alkyl carbamates (subject to hydrolysis) is 1. The van der Waals surface area contributed by atoms with Gasteiger partial charge in [-0.3, -0.25) is 14.4 Å². The molecule has 9 nitrogen and oxygen atoms in total. The molecule has 3 amide bonds. The SMILES string of the molecule is CC(=O)C(CCC(=O)ON1C(=O)CCC1=O)NC(=O)OC(C)(C)C. The van der Waals surface area contributed by atoms with Gasteiger partial charge in [0.15, 0.2) is 5.78 Å². The molecule has 1 fully saturated rings. The number of hydrogen-bond acceptors (Lipinski definition) is 7. The van der Waals surface area contributed by atoms with E-state index < -0.39 is 35.5 Å². The number of hydrogen-bond donors (Lipinski definition) is 1. The predicted molar refractivity (Wildman–Crippen MR) is 80.3 cm³/mol. The maximum Gasteiger partial charge on any atom is 0.408 e. The largest absolute Gasteiger partial charge is 0.444 e. The Hall–Kier alpha value is -2.45. The second-order valence-corrected chi connectivity index (χ2v) is 6.39. The minimum absolute atomic E-state index is 0.00236. The Morgan fingerprint density at radius 1 is 1.17 bits per heavy atom. The number of nitrogens with one attached hydrogen (secondary N) is 1. The molecule has 24 heavy (non-hydrogen) atoms. The van der Waals surface area contributed by atoms with Crippen LogP contribution in [0.25, 0.3) is 0 Å². The zero-order valence-corrected chi connectivity index (χ0v) is 14.2. The van der Waals surface area contributed by atoms with E-state index in [4.69, 9.17) is 9.57 Å². The number of amides is 3. The van der Waals surface area contributed by atoms with Crippen LogP contribution in [0, 0.1) is 0 Å². The van der Waals surface area contributed by atoms with Crippen LogP contribution in [-0.4, -0.2) is 46.4 Å². The van der Waals surface area contributed by atoms with Crippen molar-refractivity contribution in [3.63, 3.8) is 0 Å². The fourth-order valence-corrected chi connectivity index (χ4v) is 1.89. The van der Waals surface area contributed by atoms with Gasteiger partial charge < -0.3 is 14.9 Å². The van der Waals surface area contributed by atoms with Crippen molar-refractivity contribution in [1.82, 2.24) is 10.4 Å². The van der Waals surface area contributed by atoms with Gasteiger partial charge in [0.05, 0.1) is 12.5 Å². The summed E-state index contributed by atoms with van der Waals surface area (Å²) in [6.07, 6.45) is -1.06. The molecule has 0 aromatic carbocycles. The molecule has 0 saturated carbocycles. The van der Waals surface area contributed by atoms with Gasteiger partial charge in [-0.25, -0.2) is 9.59 Å². The number of ether oxygens (including phenoxy) is 1. The monoisotopic (exact) mass is 342 g/mol. The molecule has 0 radical (unpaired) electrons. The summed E-state index contributed by atoms with van der Waals surface area (Å²) >= 11 is 0. The lowest BCUT2D eigenvalue weighted by Crippen LogP contribution is -2.43. The number of nitrogens with zero attached hydrogens (tertiary/aromatic N) is 1. The predicted octanol–water partition coefficient (Wildman–Crippen LogP) is 0.856. The first-order valence-corrected chi connectivity index (χ1v) is 7.56. The van der Waals surface area contributed by atoms with Crippen molar-refractivity contribution >= 4 is 29.7 Å². The second kappa shape index (κ2) is 7.89. The molecule has 0 aliphatic carbocycles. The molecule has 1 rings (SSSR count). The van der Waals surface area contributed by atoms with E-state index in [0.29, 0.717) is 5.06 Å². The summed E-state index contributed by atoms with van der Waals surface area (Å²) in [6.45, 7) is 6.30. The third-order valence-electron chi connectivity index (χ3n) is 3.02. The van der Waals surface area contributed by atoms with Crippen LogP contribution in [0.2, 0.25) is 0 Å². The van der Waals surface area contributed by atoms with Crippen molar-refractivity contribution < 1.29 is 33.5 Å². The maximum atomic E-state index is 11.7. The van der Waals surface area contributed by atoms with E-state index in [2.05, 4.69) is 5.32 Å². The molecule has 134 valence electrons. The summed E-state index contributed by atoms with van der Waals surface area (Å²) in [6, 6.07) is -0.933. The number of hydroxylamine groups is 2. The highest BCUT2D eigenvalue weighted by Crippen LogP contribution is 2.13. The molecule has 1 N–H and O–H groups in total. The Labute approximate surface area is 139 Å². The van der Waals surface area contributed by atoms with Crippen LogP contribution in [0.4, 0.5) is 4.79 Å². The molecular weight excluding hydrogens is 320 g/mol. The number of Topliss-reactive ketones (excluding diaryl/α,β-unsaturated/α-hetero) is 1. The first kappa shape index (κ1) is 19.6. The summed E-state index contributed by atoms with van der Waals surface area (Å²) in [4.78, 5) is 62.3. The van der Waals surface area contributed by atoms with Crippen LogP contribution in [-0.2, 0) is 28.8 Å². The molecule has 1 heterocycles. The van der Waals surface area contributed by atoms with E-state index in [1.807, 2.05) is 0 Å². The van der Waals surface area contributed by atoms with Crippen LogP contribution < -0.4 is 5.32 Å². The minimum atomic E-state index is -0.933. The van der Waals surface area contributed by atoms with E-state index in [1.54, 1.807) is 20.8 Å². The highest BCUT2D eigenvalue weighted by atomic mass is 16.7. The van der Waals surface area contributed by atoms with E-state index in [0.717, 1.165) is 0 Å². The Balaban J connectivity index is 2.50. The Morgan fingerprint density at radius 3 is 2.17 bits per heavy atom. The van der Waals surface area contributed by atoms with Crippen molar-refractivity contribution in [2.45, 2.75) is 65.0 Å². The maximum absolute atomic E-state index is 11.7. The van der Waals surface area contributed by atoms with Crippen LogP contribution in [0.1, 0.15) is 53.4 Å². The average Bonchev–Trinajstić information content (AvgIpc) is 2.73. The zero-order valence-electron chi connectivity index (χ0n) is 14.2. The van der Waals surface area contributed by atoms with Gasteiger partial charge in [-0.2, -0.15) is 0 Å². The summed E-state index contributed by atoms with van der Waals surface area (Å²) < 4.78 is 5.04. The Bertz CT molecular complexity index is 535. The van der Waals surface area contributed by atoms with Crippen LogP contribution in [0.3, 0.4) is 0 Å². The first-order chi connectivity index (χ1) is 11.0.